The van der Waals surface area contributed by atoms with Gasteiger partial charge in [-0.3, -0.25) is 4.79 Å². The molecule has 4 fully saturated rings. The number of hydrogen-bond donors (Lipinski definition) is 0. The molecule has 0 aromatic carbocycles. The van der Waals surface area contributed by atoms with Gasteiger partial charge < -0.3 is 0 Å². The van der Waals surface area contributed by atoms with E-state index >= 15 is 0 Å². The minimum Gasteiger partial charge on any atom is -0.293 e. The van der Waals surface area contributed by atoms with Gasteiger partial charge >= 0.3 is 0 Å². The van der Waals surface area contributed by atoms with E-state index in [0.717, 1.165) is 34.5 Å². The molecule has 4 saturated carbocycles. The maximum absolute atomic E-state index is 13.3. The van der Waals surface area contributed by atoms with Gasteiger partial charge in [-0.25, -0.2) is 0 Å². The summed E-state index contributed by atoms with van der Waals surface area (Å²) in [5, 5.41) is 0. The average Bonchev–Trinajstić information content (AvgIpc) is 2.64. The molecule has 0 N–H and O–H groups in total. The van der Waals surface area contributed by atoms with Crippen LogP contribution >= 0.6 is 27.3 Å². The SMILES string of the molecule is Cc1sc(C(=O)C23CC4CC(C)(CC(C)(C4)C2)C3)cc1Br. The molecule has 1 aromatic heterocycles. The summed E-state index contributed by atoms with van der Waals surface area (Å²) in [6, 6.07) is 2.06. The molecule has 1 heterocycles. The van der Waals surface area contributed by atoms with E-state index in [4.69, 9.17) is 0 Å². The monoisotopic (exact) mass is 366 g/mol. The molecule has 4 aliphatic carbocycles. The second kappa shape index (κ2) is 4.23. The van der Waals surface area contributed by atoms with E-state index in [9.17, 15) is 4.79 Å². The number of carbonyl (C=O) groups is 1. The Hall–Kier alpha value is -0.150. The van der Waals surface area contributed by atoms with Crippen LogP contribution in [0.1, 0.15) is 66.9 Å². The lowest BCUT2D eigenvalue weighted by molar-refractivity contribution is -0.125. The lowest BCUT2D eigenvalue weighted by Crippen LogP contribution is -2.57. The Morgan fingerprint density at radius 2 is 1.81 bits per heavy atom. The van der Waals surface area contributed by atoms with Crippen LogP contribution < -0.4 is 0 Å². The molecule has 5 rings (SSSR count). The normalized spacial score (nSPS) is 44.3. The molecule has 3 heteroatoms. The molecule has 4 aliphatic rings. The highest BCUT2D eigenvalue weighted by Crippen LogP contribution is 2.70. The number of hydrogen-bond acceptors (Lipinski definition) is 2. The summed E-state index contributed by atoms with van der Waals surface area (Å²) in [5.74, 6) is 1.23. The molecule has 0 amide bonds. The first kappa shape index (κ1) is 14.4. The van der Waals surface area contributed by atoms with Gasteiger partial charge in [0.25, 0.3) is 0 Å². The Labute approximate surface area is 139 Å². The van der Waals surface area contributed by atoms with Gasteiger partial charge in [0.2, 0.25) is 0 Å². The Balaban J connectivity index is 1.75. The highest BCUT2D eigenvalue weighted by Gasteiger charge is 2.62. The van der Waals surface area contributed by atoms with Crippen LogP contribution in [0.15, 0.2) is 10.5 Å². The Morgan fingerprint density at radius 1 is 1.19 bits per heavy atom. The molecule has 0 radical (unpaired) electrons. The summed E-state index contributed by atoms with van der Waals surface area (Å²) in [4.78, 5) is 15.5. The van der Waals surface area contributed by atoms with Crippen LogP contribution in [0.2, 0.25) is 0 Å². The number of Topliss-reactive ketones (excluding diaryl/α,β-unsaturated/α-hetero) is 1. The van der Waals surface area contributed by atoms with Crippen LogP contribution in [0.5, 0.6) is 0 Å². The summed E-state index contributed by atoms with van der Waals surface area (Å²) in [5.41, 5.74) is 0.764. The van der Waals surface area contributed by atoms with E-state index in [-0.39, 0.29) is 5.41 Å². The van der Waals surface area contributed by atoms with Crippen molar-refractivity contribution in [2.75, 3.05) is 0 Å². The maximum Gasteiger partial charge on any atom is 0.179 e. The number of carbonyl (C=O) groups excluding carboxylic acids is 1. The van der Waals surface area contributed by atoms with Crippen molar-refractivity contribution in [3.05, 3.63) is 20.3 Å². The van der Waals surface area contributed by atoms with E-state index in [0.29, 0.717) is 16.6 Å². The molecule has 21 heavy (non-hydrogen) atoms. The van der Waals surface area contributed by atoms with Crippen LogP contribution in [0.25, 0.3) is 0 Å². The number of rotatable bonds is 2. The van der Waals surface area contributed by atoms with Gasteiger partial charge in [-0.15, -0.1) is 11.3 Å². The summed E-state index contributed by atoms with van der Waals surface area (Å²) in [7, 11) is 0. The van der Waals surface area contributed by atoms with Crippen molar-refractivity contribution in [3.8, 4) is 0 Å². The third-order valence-electron chi connectivity index (χ3n) is 6.19. The summed E-state index contributed by atoms with van der Waals surface area (Å²) in [6.07, 6.45) is 7.43. The van der Waals surface area contributed by atoms with Crippen molar-refractivity contribution in [1.82, 2.24) is 0 Å². The molecule has 1 aromatic rings. The second-order valence-electron chi connectivity index (χ2n) is 8.75. The fourth-order valence-electron chi connectivity index (χ4n) is 6.53. The molecule has 2 atom stereocenters. The van der Waals surface area contributed by atoms with E-state index < -0.39 is 0 Å². The van der Waals surface area contributed by atoms with E-state index in [1.54, 1.807) is 11.3 Å². The number of ketones is 1. The largest absolute Gasteiger partial charge is 0.293 e. The van der Waals surface area contributed by atoms with Gasteiger partial charge in [0.1, 0.15) is 0 Å². The van der Waals surface area contributed by atoms with Crippen LogP contribution in [-0.4, -0.2) is 5.78 Å². The minimum absolute atomic E-state index is 0.0559. The first-order valence-corrected chi connectivity index (χ1v) is 9.64. The number of aryl methyl sites for hydroxylation is 1. The lowest BCUT2D eigenvalue weighted by atomic mass is 9.39. The minimum atomic E-state index is -0.0559. The number of thiophene rings is 1. The molecule has 2 unspecified atom stereocenters. The zero-order valence-corrected chi connectivity index (χ0v) is 15.5. The molecule has 0 aliphatic heterocycles. The van der Waals surface area contributed by atoms with E-state index in [1.165, 1.54) is 24.1 Å². The Morgan fingerprint density at radius 3 is 2.29 bits per heavy atom. The summed E-state index contributed by atoms with van der Waals surface area (Å²) in [6.45, 7) is 6.97. The highest BCUT2D eigenvalue weighted by molar-refractivity contribution is 9.10. The molecule has 114 valence electrons. The second-order valence-corrected chi connectivity index (χ2v) is 10.9. The first-order valence-electron chi connectivity index (χ1n) is 8.04. The Kier molecular flexibility index (Phi) is 2.91. The third-order valence-corrected chi connectivity index (χ3v) is 8.32. The Bertz CT molecular complexity index is 594. The van der Waals surface area contributed by atoms with Crippen LogP contribution in [0.4, 0.5) is 0 Å². The third kappa shape index (κ3) is 2.10. The lowest BCUT2D eigenvalue weighted by Gasteiger charge is -2.64. The molecule has 0 saturated heterocycles. The van der Waals surface area contributed by atoms with Gasteiger partial charge in [0.05, 0.1) is 4.88 Å². The predicted octanol–water partition coefficient (Wildman–Crippen LogP) is 6.00. The zero-order valence-electron chi connectivity index (χ0n) is 13.1. The van der Waals surface area contributed by atoms with Crippen LogP contribution in [0, 0.1) is 29.1 Å². The van der Waals surface area contributed by atoms with Crippen molar-refractivity contribution in [2.24, 2.45) is 22.2 Å². The van der Waals surface area contributed by atoms with Crippen molar-refractivity contribution < 1.29 is 4.79 Å². The quantitative estimate of drug-likeness (QED) is 0.586. The van der Waals surface area contributed by atoms with Crippen molar-refractivity contribution in [1.29, 1.82) is 0 Å². The van der Waals surface area contributed by atoms with Gasteiger partial charge in [-0.1, -0.05) is 13.8 Å². The summed E-state index contributed by atoms with van der Waals surface area (Å²) < 4.78 is 1.10. The first-order chi connectivity index (χ1) is 9.73. The summed E-state index contributed by atoms with van der Waals surface area (Å²) >= 11 is 5.25. The van der Waals surface area contributed by atoms with Crippen molar-refractivity contribution in [2.45, 2.75) is 59.3 Å². The maximum atomic E-state index is 13.3. The van der Waals surface area contributed by atoms with E-state index in [2.05, 4.69) is 42.8 Å². The molecular weight excluding hydrogens is 344 g/mol. The van der Waals surface area contributed by atoms with Crippen LogP contribution in [0.3, 0.4) is 0 Å². The standard InChI is InChI=1S/C18H23BrOS/c1-11-13(19)4-14(21-11)15(20)18-7-12-5-16(2,9-18)8-17(3,6-12)10-18/h4,12H,5-10H2,1-3H3. The van der Waals surface area contributed by atoms with E-state index in [1.807, 2.05) is 0 Å². The van der Waals surface area contributed by atoms with Crippen molar-refractivity contribution >= 4 is 33.0 Å². The van der Waals surface area contributed by atoms with Gasteiger partial charge in [0.15, 0.2) is 5.78 Å². The highest BCUT2D eigenvalue weighted by atomic mass is 79.9. The van der Waals surface area contributed by atoms with Gasteiger partial charge in [0, 0.05) is 14.8 Å². The smallest absolute Gasteiger partial charge is 0.179 e. The van der Waals surface area contributed by atoms with Crippen molar-refractivity contribution in [3.63, 3.8) is 0 Å². The molecular formula is C18H23BrOS. The zero-order chi connectivity index (χ0) is 15.0. The fraction of sp³-hybridized carbons (Fsp3) is 0.722. The molecule has 0 spiro atoms. The average molecular weight is 367 g/mol. The van der Waals surface area contributed by atoms with Crippen LogP contribution in [-0.2, 0) is 0 Å². The topological polar surface area (TPSA) is 17.1 Å². The van der Waals surface area contributed by atoms with Gasteiger partial charge in [-0.05, 0) is 84.2 Å². The molecule has 1 nitrogen and oxygen atoms in total. The van der Waals surface area contributed by atoms with Gasteiger partial charge in [-0.2, -0.15) is 0 Å². The molecule has 4 bridgehead atoms. The number of halogens is 1. The fourth-order valence-corrected chi connectivity index (χ4v) is 8.13. The predicted molar refractivity (Wildman–Crippen MR) is 90.9 cm³/mol.